The van der Waals surface area contributed by atoms with Gasteiger partial charge in [-0.3, -0.25) is 4.79 Å². The number of ether oxygens (including phenoxy) is 1. The highest BCUT2D eigenvalue weighted by Crippen LogP contribution is 2.26. The molecule has 1 amide bonds. The first kappa shape index (κ1) is 16.4. The van der Waals surface area contributed by atoms with Gasteiger partial charge in [0, 0.05) is 32.4 Å². The number of hydrogen-bond donors (Lipinski definition) is 0. The van der Waals surface area contributed by atoms with Gasteiger partial charge in [-0.05, 0) is 6.92 Å². The van der Waals surface area contributed by atoms with E-state index in [1.54, 1.807) is 4.90 Å². The number of nitrogens with zero attached hydrogens (tertiary/aromatic N) is 4. The van der Waals surface area contributed by atoms with Gasteiger partial charge in [0.2, 0.25) is 15.9 Å². The molecule has 3 rings (SSSR count). The van der Waals surface area contributed by atoms with Crippen molar-refractivity contribution in [2.24, 2.45) is 0 Å². The molecule has 1 aromatic heterocycles. The maximum absolute atomic E-state index is 12.3. The molecule has 0 N–H and O–H groups in total. The van der Waals surface area contributed by atoms with Crippen LogP contribution in [0, 0.1) is 0 Å². The molecule has 1 aromatic rings. The van der Waals surface area contributed by atoms with E-state index < -0.39 is 10.0 Å². The van der Waals surface area contributed by atoms with Crippen molar-refractivity contribution in [2.75, 3.05) is 39.1 Å². The molecule has 2 aliphatic rings. The summed E-state index contributed by atoms with van der Waals surface area (Å²) in [4.78, 5) is 18.6. The Morgan fingerprint density at radius 2 is 2.00 bits per heavy atom. The molecule has 1 saturated heterocycles. The van der Waals surface area contributed by atoms with Gasteiger partial charge < -0.3 is 14.2 Å². The lowest BCUT2D eigenvalue weighted by Crippen LogP contribution is -2.41. The van der Waals surface area contributed by atoms with Crippen molar-refractivity contribution < 1.29 is 17.9 Å². The molecule has 0 aliphatic carbocycles. The van der Waals surface area contributed by atoms with Crippen molar-refractivity contribution in [2.45, 2.75) is 25.9 Å². The minimum Gasteiger partial charge on any atom is -0.378 e. The van der Waals surface area contributed by atoms with E-state index in [9.17, 15) is 13.2 Å². The number of aromatic nitrogens is 2. The van der Waals surface area contributed by atoms with Crippen LogP contribution in [0.15, 0.2) is 6.20 Å². The summed E-state index contributed by atoms with van der Waals surface area (Å²) in [5.41, 5.74) is 0.693. The summed E-state index contributed by atoms with van der Waals surface area (Å²) in [6.07, 6.45) is 3.32. The monoisotopic (exact) mass is 342 g/mol. The first-order chi connectivity index (χ1) is 10.9. The Morgan fingerprint density at radius 1 is 1.30 bits per heavy atom. The Labute approximate surface area is 136 Å². The number of rotatable bonds is 3. The minimum absolute atomic E-state index is 0.0383. The van der Waals surface area contributed by atoms with Crippen LogP contribution in [-0.4, -0.2) is 72.2 Å². The summed E-state index contributed by atoms with van der Waals surface area (Å²) >= 11 is 0. The number of fused-ring (bicyclic) bond motifs is 1. The molecular formula is C14H22N4O4S. The van der Waals surface area contributed by atoms with Crippen LogP contribution >= 0.6 is 0 Å². The Morgan fingerprint density at radius 3 is 2.65 bits per heavy atom. The van der Waals surface area contributed by atoms with Gasteiger partial charge in [0.15, 0.2) is 0 Å². The lowest BCUT2D eigenvalue weighted by Gasteiger charge is -2.31. The highest BCUT2D eigenvalue weighted by atomic mass is 32.2. The Hall–Kier alpha value is -1.45. The van der Waals surface area contributed by atoms with Gasteiger partial charge in [-0.2, -0.15) is 4.31 Å². The van der Waals surface area contributed by atoms with Crippen LogP contribution in [0.3, 0.4) is 0 Å². The highest BCUT2D eigenvalue weighted by Gasteiger charge is 2.32. The summed E-state index contributed by atoms with van der Waals surface area (Å²) in [5.74, 6) is 0.739. The van der Waals surface area contributed by atoms with Crippen molar-refractivity contribution >= 4 is 15.9 Å². The van der Waals surface area contributed by atoms with E-state index in [0.717, 1.165) is 0 Å². The average molecular weight is 342 g/mol. The number of hydrogen-bond acceptors (Lipinski definition) is 5. The highest BCUT2D eigenvalue weighted by molar-refractivity contribution is 7.88. The summed E-state index contributed by atoms with van der Waals surface area (Å²) in [6, 6.07) is -0.314. The van der Waals surface area contributed by atoms with E-state index in [1.165, 1.54) is 10.6 Å². The van der Waals surface area contributed by atoms with Crippen LogP contribution in [0.1, 0.15) is 24.5 Å². The SMILES string of the molecule is CC1c2nc(CC(=O)N3CCOCC3)cn2CCN1S(C)(=O)=O. The van der Waals surface area contributed by atoms with Crippen molar-refractivity contribution in [1.29, 1.82) is 0 Å². The van der Waals surface area contributed by atoms with Gasteiger partial charge in [0.25, 0.3) is 0 Å². The van der Waals surface area contributed by atoms with Crippen molar-refractivity contribution in [3.8, 4) is 0 Å². The molecule has 9 heteroatoms. The standard InChI is InChI=1S/C14H22N4O4S/c1-11-14-15-12(9-13(19)16-5-7-22-8-6-16)10-17(14)3-4-18(11)23(2,20)21/h10-11H,3-9H2,1-2H3. The van der Waals surface area contributed by atoms with Gasteiger partial charge in [-0.1, -0.05) is 0 Å². The quantitative estimate of drug-likeness (QED) is 0.748. The predicted octanol–water partition coefficient (Wildman–Crippen LogP) is -0.379. The second-order valence-electron chi connectivity index (χ2n) is 6.00. The molecule has 8 nitrogen and oxygen atoms in total. The maximum atomic E-state index is 12.3. The second kappa shape index (κ2) is 6.21. The Bertz CT molecular complexity index is 694. The number of carbonyl (C=O) groups excluding carboxylic acids is 1. The topological polar surface area (TPSA) is 84.7 Å². The summed E-state index contributed by atoms with van der Waals surface area (Å²) < 4.78 is 32.3. The van der Waals surface area contributed by atoms with Gasteiger partial charge in [0.1, 0.15) is 5.82 Å². The van der Waals surface area contributed by atoms with Crippen LogP contribution in [0.2, 0.25) is 0 Å². The molecule has 23 heavy (non-hydrogen) atoms. The fourth-order valence-corrected chi connectivity index (χ4v) is 4.23. The van der Waals surface area contributed by atoms with Gasteiger partial charge >= 0.3 is 0 Å². The van der Waals surface area contributed by atoms with E-state index in [1.807, 2.05) is 17.7 Å². The third-order valence-electron chi connectivity index (χ3n) is 4.35. The van der Waals surface area contributed by atoms with Crippen LogP contribution in [0.4, 0.5) is 0 Å². The molecule has 1 unspecified atom stereocenters. The number of imidazole rings is 1. The summed E-state index contributed by atoms with van der Waals surface area (Å²) in [7, 11) is -3.26. The number of amides is 1. The normalized spacial score (nSPS) is 22.9. The molecule has 0 aromatic carbocycles. The predicted molar refractivity (Wildman–Crippen MR) is 83.3 cm³/mol. The Kier molecular flexibility index (Phi) is 4.43. The first-order valence-electron chi connectivity index (χ1n) is 7.74. The zero-order valence-corrected chi connectivity index (χ0v) is 14.3. The van der Waals surface area contributed by atoms with Gasteiger partial charge in [-0.15, -0.1) is 0 Å². The van der Waals surface area contributed by atoms with Crippen molar-refractivity contribution in [3.63, 3.8) is 0 Å². The lowest BCUT2D eigenvalue weighted by atomic mass is 10.2. The third kappa shape index (κ3) is 3.41. The summed E-state index contributed by atoms with van der Waals surface area (Å²) in [6.45, 7) is 5.20. The third-order valence-corrected chi connectivity index (χ3v) is 5.70. The van der Waals surface area contributed by atoms with Crippen LogP contribution in [0.25, 0.3) is 0 Å². The molecule has 0 bridgehead atoms. The fraction of sp³-hybridized carbons (Fsp3) is 0.714. The zero-order chi connectivity index (χ0) is 16.6. The van der Waals surface area contributed by atoms with E-state index in [-0.39, 0.29) is 18.4 Å². The molecule has 0 spiro atoms. The maximum Gasteiger partial charge on any atom is 0.228 e. The molecule has 0 radical (unpaired) electrons. The molecule has 1 fully saturated rings. The van der Waals surface area contributed by atoms with Crippen molar-refractivity contribution in [3.05, 3.63) is 17.7 Å². The van der Waals surface area contributed by atoms with Crippen LogP contribution in [-0.2, 0) is 32.5 Å². The first-order valence-corrected chi connectivity index (χ1v) is 9.59. The Balaban J connectivity index is 1.74. The van der Waals surface area contributed by atoms with E-state index >= 15 is 0 Å². The second-order valence-corrected chi connectivity index (χ2v) is 7.94. The lowest BCUT2D eigenvalue weighted by molar-refractivity contribution is -0.134. The smallest absolute Gasteiger partial charge is 0.228 e. The molecular weight excluding hydrogens is 320 g/mol. The van der Waals surface area contributed by atoms with E-state index in [4.69, 9.17) is 4.74 Å². The molecule has 3 heterocycles. The number of morpholine rings is 1. The van der Waals surface area contributed by atoms with Crippen molar-refractivity contribution in [1.82, 2.24) is 18.8 Å². The van der Waals surface area contributed by atoms with Gasteiger partial charge in [0.05, 0.1) is 37.6 Å². The van der Waals surface area contributed by atoms with Gasteiger partial charge in [-0.25, -0.2) is 13.4 Å². The average Bonchev–Trinajstić information content (AvgIpc) is 2.90. The number of sulfonamides is 1. The van der Waals surface area contributed by atoms with E-state index in [0.29, 0.717) is 50.9 Å². The molecule has 2 aliphatic heterocycles. The van der Waals surface area contributed by atoms with Crippen LogP contribution in [0.5, 0.6) is 0 Å². The molecule has 0 saturated carbocycles. The molecule has 128 valence electrons. The largest absolute Gasteiger partial charge is 0.378 e. The van der Waals surface area contributed by atoms with E-state index in [2.05, 4.69) is 4.98 Å². The minimum atomic E-state index is -3.26. The number of carbonyl (C=O) groups is 1. The summed E-state index contributed by atoms with van der Waals surface area (Å²) in [5, 5.41) is 0. The fourth-order valence-electron chi connectivity index (χ4n) is 3.15. The zero-order valence-electron chi connectivity index (χ0n) is 13.4. The van der Waals surface area contributed by atoms with Crippen LogP contribution < -0.4 is 0 Å². The molecule has 1 atom stereocenters.